The Kier molecular flexibility index (Phi) is 7.44. The molecular weight excluding hydrogens is 486 g/mol. The Hall–Kier alpha value is -3.42. The van der Waals surface area contributed by atoms with Crippen molar-refractivity contribution >= 4 is 40.1 Å². The maximum Gasteiger partial charge on any atom is 0.208 e. The van der Waals surface area contributed by atoms with Gasteiger partial charge in [-0.2, -0.15) is 0 Å². The first-order chi connectivity index (χ1) is 17.9. The predicted molar refractivity (Wildman–Crippen MR) is 148 cm³/mol. The van der Waals surface area contributed by atoms with Crippen LogP contribution in [0, 0.1) is 0 Å². The molecule has 0 radical (unpaired) electrons. The quantitative estimate of drug-likeness (QED) is 0.273. The van der Waals surface area contributed by atoms with Gasteiger partial charge in [0.2, 0.25) is 5.95 Å². The van der Waals surface area contributed by atoms with Crippen LogP contribution in [0.1, 0.15) is 43.9 Å². The molecule has 0 unspecified atom stereocenters. The molecule has 1 N–H and O–H groups in total. The Labute approximate surface area is 222 Å². The Morgan fingerprint density at radius 2 is 1.86 bits per heavy atom. The lowest BCUT2D eigenvalue weighted by Gasteiger charge is -2.13. The van der Waals surface area contributed by atoms with Gasteiger partial charge < -0.3 is 14.6 Å². The monoisotopic (exact) mass is 517 g/mol. The Morgan fingerprint density at radius 3 is 2.65 bits per heavy atom. The highest BCUT2D eigenvalue weighted by Gasteiger charge is 2.16. The number of imidazole rings is 1. The highest BCUT2D eigenvalue weighted by molar-refractivity contribution is 6.31. The van der Waals surface area contributed by atoms with Gasteiger partial charge in [-0.05, 0) is 73.8 Å². The van der Waals surface area contributed by atoms with Crippen molar-refractivity contribution in [3.63, 3.8) is 0 Å². The number of ether oxygens (including phenoxy) is 1. The maximum atomic E-state index is 12.5. The summed E-state index contributed by atoms with van der Waals surface area (Å²) in [6, 6.07) is 15.4. The zero-order valence-electron chi connectivity index (χ0n) is 21.5. The Morgan fingerprint density at radius 1 is 1.08 bits per heavy atom. The summed E-state index contributed by atoms with van der Waals surface area (Å²) in [6.07, 6.45) is 4.35. The van der Waals surface area contributed by atoms with Crippen molar-refractivity contribution in [1.82, 2.24) is 19.4 Å². The van der Waals surface area contributed by atoms with Gasteiger partial charge in [-0.15, -0.1) is 0 Å². The van der Waals surface area contributed by atoms with E-state index in [-0.39, 0.29) is 5.78 Å². The SMILES string of the molecule is CC(C)c1cc(Nc2nc3cc(Oc4ccnc(CC(=O)CN5CCCC5)c4)ccc3n2C)ccc1Cl. The van der Waals surface area contributed by atoms with Gasteiger partial charge in [-0.1, -0.05) is 25.4 Å². The molecule has 37 heavy (non-hydrogen) atoms. The average molecular weight is 518 g/mol. The van der Waals surface area contributed by atoms with Crippen molar-refractivity contribution in [2.75, 3.05) is 25.0 Å². The first-order valence-corrected chi connectivity index (χ1v) is 13.1. The molecule has 0 atom stereocenters. The van der Waals surface area contributed by atoms with Crippen LogP contribution in [0.3, 0.4) is 0 Å². The van der Waals surface area contributed by atoms with Gasteiger partial charge >= 0.3 is 0 Å². The third-order valence-corrected chi connectivity index (χ3v) is 7.07. The summed E-state index contributed by atoms with van der Waals surface area (Å²) in [5.41, 5.74) is 4.55. The number of nitrogens with one attached hydrogen (secondary N) is 1. The molecule has 7 nitrogen and oxygen atoms in total. The fraction of sp³-hybridized carbons (Fsp3) is 0.345. The number of hydrogen-bond acceptors (Lipinski definition) is 6. The number of likely N-dealkylation sites (tertiary alicyclic amines) is 1. The fourth-order valence-electron chi connectivity index (χ4n) is 4.75. The van der Waals surface area contributed by atoms with E-state index in [4.69, 9.17) is 21.3 Å². The van der Waals surface area contributed by atoms with Crippen LogP contribution >= 0.6 is 11.6 Å². The molecule has 1 saturated heterocycles. The minimum absolute atomic E-state index is 0.183. The van der Waals surface area contributed by atoms with Crippen molar-refractivity contribution in [2.24, 2.45) is 7.05 Å². The molecule has 5 rings (SSSR count). The second kappa shape index (κ2) is 10.9. The molecule has 1 aliphatic heterocycles. The third-order valence-electron chi connectivity index (χ3n) is 6.73. The zero-order chi connectivity index (χ0) is 25.9. The number of Topliss-reactive ketones (excluding diaryl/α,β-unsaturated/α-hetero) is 1. The largest absolute Gasteiger partial charge is 0.457 e. The number of anilines is 2. The lowest BCUT2D eigenvalue weighted by Crippen LogP contribution is -2.27. The number of rotatable bonds is 9. The minimum atomic E-state index is 0.183. The molecule has 2 aromatic heterocycles. The van der Waals surface area contributed by atoms with Crippen molar-refractivity contribution in [2.45, 2.75) is 39.0 Å². The number of halogens is 1. The average Bonchev–Trinajstić information content (AvgIpc) is 3.48. The number of aryl methyl sites for hydroxylation is 1. The van der Waals surface area contributed by atoms with E-state index >= 15 is 0 Å². The molecule has 2 aromatic carbocycles. The summed E-state index contributed by atoms with van der Waals surface area (Å²) in [6.45, 7) is 6.76. The van der Waals surface area contributed by atoms with E-state index in [0.29, 0.717) is 30.4 Å². The second-order valence-electron chi connectivity index (χ2n) is 9.94. The molecule has 0 bridgehead atoms. The van der Waals surface area contributed by atoms with Gasteiger partial charge in [0.15, 0.2) is 5.78 Å². The van der Waals surface area contributed by atoms with Crippen molar-refractivity contribution in [3.8, 4) is 11.5 Å². The smallest absolute Gasteiger partial charge is 0.208 e. The van der Waals surface area contributed by atoms with Gasteiger partial charge in [0.05, 0.1) is 29.7 Å². The van der Waals surface area contributed by atoms with E-state index < -0.39 is 0 Å². The van der Waals surface area contributed by atoms with E-state index in [1.807, 2.05) is 48.0 Å². The highest BCUT2D eigenvalue weighted by atomic mass is 35.5. The maximum absolute atomic E-state index is 12.5. The number of carbonyl (C=O) groups excluding carboxylic acids is 1. The first-order valence-electron chi connectivity index (χ1n) is 12.8. The Bertz CT molecular complexity index is 1430. The summed E-state index contributed by atoms with van der Waals surface area (Å²) in [5.74, 6) is 2.56. The van der Waals surface area contributed by atoms with Crippen LogP contribution in [0.5, 0.6) is 11.5 Å². The predicted octanol–water partition coefficient (Wildman–Crippen LogP) is 6.49. The van der Waals surface area contributed by atoms with E-state index in [0.717, 1.165) is 52.0 Å². The van der Waals surface area contributed by atoms with E-state index in [1.165, 1.54) is 12.8 Å². The fourth-order valence-corrected chi connectivity index (χ4v) is 5.08. The lowest BCUT2D eigenvalue weighted by atomic mass is 10.0. The van der Waals surface area contributed by atoms with Gasteiger partial charge in [-0.3, -0.25) is 14.7 Å². The number of nitrogens with zero attached hydrogens (tertiary/aromatic N) is 4. The van der Waals surface area contributed by atoms with E-state index in [2.05, 4.69) is 35.1 Å². The molecule has 1 fully saturated rings. The summed E-state index contributed by atoms with van der Waals surface area (Å²) in [7, 11) is 1.98. The number of pyridine rings is 1. The first kappa shape index (κ1) is 25.2. The molecule has 0 saturated carbocycles. The van der Waals surface area contributed by atoms with Crippen LogP contribution in [0.4, 0.5) is 11.6 Å². The number of ketones is 1. The molecule has 0 amide bonds. The molecule has 192 valence electrons. The van der Waals surface area contributed by atoms with E-state index in [9.17, 15) is 4.79 Å². The molecule has 0 aliphatic carbocycles. The minimum Gasteiger partial charge on any atom is -0.457 e. The lowest BCUT2D eigenvalue weighted by molar-refractivity contribution is -0.119. The van der Waals surface area contributed by atoms with Crippen LogP contribution < -0.4 is 10.1 Å². The number of aromatic nitrogens is 3. The summed E-state index contributed by atoms with van der Waals surface area (Å²) >= 11 is 6.36. The summed E-state index contributed by atoms with van der Waals surface area (Å²) < 4.78 is 8.13. The van der Waals surface area contributed by atoms with Gasteiger partial charge in [0.1, 0.15) is 11.5 Å². The van der Waals surface area contributed by atoms with E-state index in [1.54, 1.807) is 12.3 Å². The van der Waals surface area contributed by atoms with Gasteiger partial charge in [0, 0.05) is 36.1 Å². The molecule has 4 aromatic rings. The molecular formula is C29H32ClN5O2. The standard InChI is InChI=1S/C29H32ClN5O2/c1-19(2)25-16-20(6-8-26(25)30)32-29-33-27-17-23(7-9-28(27)34(29)3)37-24-10-11-31-21(15-24)14-22(36)18-35-12-4-5-13-35/h6-11,15-17,19H,4-5,12-14,18H2,1-3H3,(H,32,33). The van der Waals surface area contributed by atoms with Crippen LogP contribution in [0.15, 0.2) is 54.7 Å². The third kappa shape index (κ3) is 5.95. The normalized spacial score (nSPS) is 14.0. The van der Waals surface area contributed by atoms with Crippen molar-refractivity contribution in [1.29, 1.82) is 0 Å². The summed E-state index contributed by atoms with van der Waals surface area (Å²) in [4.78, 5) is 23.8. The molecule has 1 aliphatic rings. The van der Waals surface area contributed by atoms with Crippen molar-refractivity contribution < 1.29 is 9.53 Å². The van der Waals surface area contributed by atoms with Crippen LogP contribution in [-0.4, -0.2) is 44.9 Å². The second-order valence-corrected chi connectivity index (χ2v) is 10.4. The van der Waals surface area contributed by atoms with Gasteiger partial charge in [-0.25, -0.2) is 4.98 Å². The molecule has 8 heteroatoms. The van der Waals surface area contributed by atoms with Crippen molar-refractivity contribution in [3.05, 3.63) is 71.0 Å². The van der Waals surface area contributed by atoms with Gasteiger partial charge in [0.25, 0.3) is 0 Å². The molecule has 3 heterocycles. The van der Waals surface area contributed by atoms with Crippen LogP contribution in [-0.2, 0) is 18.3 Å². The summed E-state index contributed by atoms with van der Waals surface area (Å²) in [5, 5.41) is 4.18. The van der Waals surface area contributed by atoms with Crippen LogP contribution in [0.25, 0.3) is 11.0 Å². The van der Waals surface area contributed by atoms with Crippen LogP contribution in [0.2, 0.25) is 5.02 Å². The molecule has 0 spiro atoms. The number of fused-ring (bicyclic) bond motifs is 1. The Balaban J connectivity index is 1.29. The topological polar surface area (TPSA) is 72.3 Å². The number of hydrogen-bond donors (Lipinski definition) is 1. The number of benzene rings is 2. The number of carbonyl (C=O) groups is 1. The zero-order valence-corrected chi connectivity index (χ0v) is 22.3. The highest BCUT2D eigenvalue weighted by Crippen LogP contribution is 2.31.